The van der Waals surface area contributed by atoms with Crippen molar-refractivity contribution in [3.8, 4) is 0 Å². The maximum atomic E-state index is 9.36. The molecule has 0 saturated carbocycles. The van der Waals surface area contributed by atoms with Gasteiger partial charge in [-0.2, -0.15) is 0 Å². The second-order valence-corrected chi connectivity index (χ2v) is 3.58. The highest BCUT2D eigenvalue weighted by Crippen LogP contribution is 2.11. The Morgan fingerprint density at radius 2 is 2.08 bits per heavy atom. The van der Waals surface area contributed by atoms with Crippen molar-refractivity contribution in [1.82, 2.24) is 4.90 Å². The molecule has 1 saturated heterocycles. The van der Waals surface area contributed by atoms with Crippen LogP contribution in [0.4, 0.5) is 0 Å². The molecule has 0 aromatic heterocycles. The predicted octanol–water partition coefficient (Wildman–Crippen LogP) is 0.214. The molecule has 1 aliphatic rings. The van der Waals surface area contributed by atoms with E-state index in [1.807, 2.05) is 0 Å². The molecular weight excluding hydrogens is 154 g/mol. The second kappa shape index (κ2) is 4.80. The second-order valence-electron chi connectivity index (χ2n) is 3.58. The third-order valence-electron chi connectivity index (χ3n) is 2.46. The summed E-state index contributed by atoms with van der Waals surface area (Å²) in [5, 5.41) is 18.6. The number of aliphatic hydroxyl groups excluding tert-OH is 2. The normalized spacial score (nSPS) is 32.2. The van der Waals surface area contributed by atoms with Crippen LogP contribution >= 0.6 is 0 Å². The highest BCUT2D eigenvalue weighted by Gasteiger charge is 2.24. The lowest BCUT2D eigenvalue weighted by Gasteiger charge is -2.33. The van der Waals surface area contributed by atoms with Crippen molar-refractivity contribution < 1.29 is 10.2 Å². The predicted molar refractivity (Wildman–Crippen MR) is 48.0 cm³/mol. The molecule has 0 aromatic rings. The van der Waals surface area contributed by atoms with Gasteiger partial charge in [0.15, 0.2) is 0 Å². The average Bonchev–Trinajstić information content (AvgIpc) is 2.07. The van der Waals surface area contributed by atoms with E-state index in [-0.39, 0.29) is 0 Å². The fourth-order valence-electron chi connectivity index (χ4n) is 1.57. The van der Waals surface area contributed by atoms with Gasteiger partial charge >= 0.3 is 0 Å². The van der Waals surface area contributed by atoms with Crippen molar-refractivity contribution in [3.05, 3.63) is 0 Å². The van der Waals surface area contributed by atoms with E-state index < -0.39 is 12.2 Å². The maximum Gasteiger partial charge on any atom is 0.0926 e. The number of aliphatic hydroxyl groups is 2. The molecule has 0 amide bonds. The van der Waals surface area contributed by atoms with Gasteiger partial charge in [-0.3, -0.25) is 0 Å². The van der Waals surface area contributed by atoms with Crippen LogP contribution in [-0.4, -0.2) is 47.0 Å². The van der Waals surface area contributed by atoms with Crippen LogP contribution in [0.5, 0.6) is 0 Å². The topological polar surface area (TPSA) is 43.7 Å². The van der Waals surface area contributed by atoms with E-state index in [0.29, 0.717) is 13.0 Å². The Labute approximate surface area is 74.0 Å². The van der Waals surface area contributed by atoms with Crippen LogP contribution in [0.25, 0.3) is 0 Å². The van der Waals surface area contributed by atoms with Crippen molar-refractivity contribution in [3.63, 3.8) is 0 Å². The lowest BCUT2D eigenvalue weighted by Crippen LogP contribution is -2.46. The van der Waals surface area contributed by atoms with Gasteiger partial charge in [-0.1, -0.05) is 13.3 Å². The molecule has 72 valence electrons. The molecule has 1 fully saturated rings. The van der Waals surface area contributed by atoms with Gasteiger partial charge in [0.2, 0.25) is 0 Å². The van der Waals surface area contributed by atoms with Crippen molar-refractivity contribution in [2.45, 2.75) is 38.4 Å². The smallest absolute Gasteiger partial charge is 0.0926 e. The first-order chi connectivity index (χ1) is 5.74. The SMILES string of the molecule is CCCCN1CC[C@@H](O)[C@@H](O)C1. The van der Waals surface area contributed by atoms with Crippen LogP contribution in [0, 0.1) is 0 Å². The lowest BCUT2D eigenvalue weighted by molar-refractivity contribution is -0.0384. The van der Waals surface area contributed by atoms with E-state index >= 15 is 0 Å². The monoisotopic (exact) mass is 173 g/mol. The molecule has 1 aliphatic heterocycles. The standard InChI is InChI=1S/C9H19NO2/c1-2-3-5-10-6-4-8(11)9(12)7-10/h8-9,11-12H,2-7H2,1H3/t8-,9+/m1/s1. The van der Waals surface area contributed by atoms with Crippen LogP contribution in [0.15, 0.2) is 0 Å². The fraction of sp³-hybridized carbons (Fsp3) is 1.00. The van der Waals surface area contributed by atoms with Crippen molar-refractivity contribution in [2.24, 2.45) is 0 Å². The highest BCUT2D eigenvalue weighted by atomic mass is 16.3. The Hall–Kier alpha value is -0.120. The molecule has 0 bridgehead atoms. The molecule has 0 unspecified atom stereocenters. The van der Waals surface area contributed by atoms with Gasteiger partial charge in [0.25, 0.3) is 0 Å². The zero-order valence-electron chi connectivity index (χ0n) is 7.74. The van der Waals surface area contributed by atoms with E-state index in [9.17, 15) is 10.2 Å². The minimum atomic E-state index is -0.532. The van der Waals surface area contributed by atoms with Gasteiger partial charge in [-0.05, 0) is 19.4 Å². The first-order valence-corrected chi connectivity index (χ1v) is 4.82. The summed E-state index contributed by atoms with van der Waals surface area (Å²) in [4.78, 5) is 2.22. The van der Waals surface area contributed by atoms with Crippen molar-refractivity contribution in [2.75, 3.05) is 19.6 Å². The minimum absolute atomic E-state index is 0.497. The molecule has 0 aromatic carbocycles. The number of likely N-dealkylation sites (tertiary alicyclic amines) is 1. The molecule has 2 atom stereocenters. The number of β-amino-alcohol motifs (C(OH)–C–C–N with tert-alkyl or cyclic N) is 1. The summed E-state index contributed by atoms with van der Waals surface area (Å²) in [6.45, 7) is 4.79. The molecule has 0 radical (unpaired) electrons. The van der Waals surface area contributed by atoms with Crippen LogP contribution in [-0.2, 0) is 0 Å². The maximum absolute atomic E-state index is 9.36. The quantitative estimate of drug-likeness (QED) is 0.641. The molecule has 1 rings (SSSR count). The summed E-state index contributed by atoms with van der Waals surface area (Å²) in [5.41, 5.74) is 0. The largest absolute Gasteiger partial charge is 0.390 e. The Morgan fingerprint density at radius 1 is 1.33 bits per heavy atom. The van der Waals surface area contributed by atoms with E-state index in [2.05, 4.69) is 11.8 Å². The third kappa shape index (κ3) is 2.73. The summed E-state index contributed by atoms with van der Waals surface area (Å²) < 4.78 is 0. The number of nitrogens with zero attached hydrogens (tertiary/aromatic N) is 1. The lowest BCUT2D eigenvalue weighted by atomic mass is 10.0. The zero-order chi connectivity index (χ0) is 8.97. The summed E-state index contributed by atoms with van der Waals surface area (Å²) in [6.07, 6.45) is 2.06. The molecule has 0 aliphatic carbocycles. The fourth-order valence-corrected chi connectivity index (χ4v) is 1.57. The minimum Gasteiger partial charge on any atom is -0.390 e. The number of rotatable bonds is 3. The van der Waals surface area contributed by atoms with Gasteiger partial charge in [-0.25, -0.2) is 0 Å². The molecule has 3 heteroatoms. The van der Waals surface area contributed by atoms with Gasteiger partial charge in [0, 0.05) is 13.1 Å². The average molecular weight is 173 g/mol. The summed E-state index contributed by atoms with van der Waals surface area (Å²) in [6, 6.07) is 0. The third-order valence-corrected chi connectivity index (χ3v) is 2.46. The number of unbranched alkanes of at least 4 members (excludes halogenated alkanes) is 1. The van der Waals surface area contributed by atoms with E-state index in [1.165, 1.54) is 12.8 Å². The number of piperidine rings is 1. The van der Waals surface area contributed by atoms with Crippen LogP contribution in [0.1, 0.15) is 26.2 Å². The summed E-state index contributed by atoms with van der Waals surface area (Å²) >= 11 is 0. The van der Waals surface area contributed by atoms with Crippen LogP contribution < -0.4 is 0 Å². The van der Waals surface area contributed by atoms with E-state index in [1.54, 1.807) is 0 Å². The van der Waals surface area contributed by atoms with E-state index in [0.717, 1.165) is 13.1 Å². The Morgan fingerprint density at radius 3 is 2.67 bits per heavy atom. The summed E-state index contributed by atoms with van der Waals surface area (Å²) in [7, 11) is 0. The van der Waals surface area contributed by atoms with Crippen LogP contribution in [0.2, 0.25) is 0 Å². The van der Waals surface area contributed by atoms with Gasteiger partial charge < -0.3 is 15.1 Å². The van der Waals surface area contributed by atoms with E-state index in [4.69, 9.17) is 0 Å². The molecule has 0 spiro atoms. The number of hydrogen-bond acceptors (Lipinski definition) is 3. The highest BCUT2D eigenvalue weighted by molar-refractivity contribution is 4.78. The van der Waals surface area contributed by atoms with Crippen LogP contribution in [0.3, 0.4) is 0 Å². The number of hydrogen-bond donors (Lipinski definition) is 2. The molecule has 2 N–H and O–H groups in total. The molecule has 3 nitrogen and oxygen atoms in total. The molecule has 1 heterocycles. The van der Waals surface area contributed by atoms with Gasteiger partial charge in [0.05, 0.1) is 12.2 Å². The Balaban J connectivity index is 2.21. The molecular formula is C9H19NO2. The van der Waals surface area contributed by atoms with Crippen molar-refractivity contribution >= 4 is 0 Å². The molecule has 12 heavy (non-hydrogen) atoms. The first-order valence-electron chi connectivity index (χ1n) is 4.82. The Bertz CT molecular complexity index is 128. The Kier molecular flexibility index (Phi) is 3.98. The van der Waals surface area contributed by atoms with Crippen molar-refractivity contribution in [1.29, 1.82) is 0 Å². The summed E-state index contributed by atoms with van der Waals surface area (Å²) in [5.74, 6) is 0. The zero-order valence-corrected chi connectivity index (χ0v) is 7.74. The van der Waals surface area contributed by atoms with Gasteiger partial charge in [0.1, 0.15) is 0 Å². The first kappa shape index (κ1) is 9.96. The van der Waals surface area contributed by atoms with Gasteiger partial charge in [-0.15, -0.1) is 0 Å².